The van der Waals surface area contributed by atoms with Crippen LogP contribution in [0.3, 0.4) is 0 Å². The van der Waals surface area contributed by atoms with Crippen LogP contribution in [-0.2, 0) is 26.3 Å². The van der Waals surface area contributed by atoms with Gasteiger partial charge in [-0.15, -0.1) is 11.6 Å². The number of carbonyl (C=O) groups is 2. The number of hydrogen-bond acceptors (Lipinski definition) is 6. The van der Waals surface area contributed by atoms with Gasteiger partial charge in [-0.2, -0.15) is 13.2 Å². The minimum atomic E-state index is -4.74. The fourth-order valence-electron chi connectivity index (χ4n) is 5.76. The van der Waals surface area contributed by atoms with Gasteiger partial charge in [0.25, 0.3) is 0 Å². The summed E-state index contributed by atoms with van der Waals surface area (Å²) in [5, 5.41) is 0. The Bertz CT molecular complexity index is 1230. The van der Waals surface area contributed by atoms with Gasteiger partial charge in [-0.1, -0.05) is 6.92 Å². The van der Waals surface area contributed by atoms with E-state index in [4.69, 9.17) is 25.8 Å². The van der Waals surface area contributed by atoms with Crippen LogP contribution in [0, 0.1) is 11.8 Å². The molecule has 1 amide bonds. The number of hydrogen-bond donors (Lipinski definition) is 0. The predicted octanol–water partition coefficient (Wildman–Crippen LogP) is 7.54. The van der Waals surface area contributed by atoms with Crippen molar-refractivity contribution in [1.82, 2.24) is 4.98 Å². The summed E-state index contributed by atoms with van der Waals surface area (Å²) in [6.45, 7) is 2.18. The number of carbonyl (C=O) groups excluding carboxylic acids is 2. The maximum atomic E-state index is 14.1. The average molecular weight is 597 g/mol. The summed E-state index contributed by atoms with van der Waals surface area (Å²) in [4.78, 5) is 32.7. The Labute approximate surface area is 243 Å². The summed E-state index contributed by atoms with van der Waals surface area (Å²) >= 11 is 5.71. The first-order valence-corrected chi connectivity index (χ1v) is 14.5. The number of benzene rings is 1. The Balaban J connectivity index is 1.73. The number of ether oxygens (including phenoxy) is 3. The van der Waals surface area contributed by atoms with E-state index in [0.29, 0.717) is 24.4 Å². The zero-order chi connectivity index (χ0) is 29.7. The molecule has 11 heteroatoms. The zero-order valence-corrected chi connectivity index (χ0v) is 24.3. The van der Waals surface area contributed by atoms with E-state index in [1.54, 1.807) is 18.1 Å². The molecule has 2 saturated carbocycles. The summed E-state index contributed by atoms with van der Waals surface area (Å²) in [5.41, 5.74) is -0.513. The smallest absolute Gasteiger partial charge is 0.421 e. The van der Waals surface area contributed by atoms with E-state index < -0.39 is 23.6 Å². The molecule has 0 aliphatic heterocycles. The molecule has 2 fully saturated rings. The molecule has 2 aliphatic rings. The maximum Gasteiger partial charge on any atom is 0.421 e. The van der Waals surface area contributed by atoms with E-state index in [1.165, 1.54) is 25.4 Å². The van der Waals surface area contributed by atoms with Crippen molar-refractivity contribution in [2.75, 3.05) is 19.1 Å². The fraction of sp³-hybridized carbons (Fsp3) is 0.567. The Morgan fingerprint density at radius 1 is 1.02 bits per heavy atom. The number of rotatable bonds is 8. The second kappa shape index (κ2) is 13.4. The summed E-state index contributed by atoms with van der Waals surface area (Å²) in [6.07, 6.45) is 2.93. The van der Waals surface area contributed by atoms with Crippen LogP contribution >= 0.6 is 11.6 Å². The highest BCUT2D eigenvalue weighted by molar-refractivity contribution is 6.17. The standard InChI is InChI=1S/C30H36ClF3N2O5/c1-18-4-6-20(7-5-18)28(37)36(21-8-10-22(39-2)11-9-21)26-13-12-23(15-24(26)29(38)40-3)41-27-25(30(32,33)34)14-19(16-31)17-35-27/h12-15,17-18,20-22H,4-11,16H2,1-3H3/t18-,20-,21?,22?. The van der Waals surface area contributed by atoms with E-state index in [2.05, 4.69) is 11.9 Å². The van der Waals surface area contributed by atoms with Gasteiger partial charge in [0.15, 0.2) is 0 Å². The quantitative estimate of drug-likeness (QED) is 0.231. The van der Waals surface area contributed by atoms with Crippen molar-refractivity contribution in [2.24, 2.45) is 11.8 Å². The van der Waals surface area contributed by atoms with Crippen molar-refractivity contribution in [2.45, 2.75) is 82.5 Å². The van der Waals surface area contributed by atoms with Gasteiger partial charge >= 0.3 is 12.1 Å². The first-order chi connectivity index (χ1) is 19.5. The Morgan fingerprint density at radius 2 is 1.71 bits per heavy atom. The van der Waals surface area contributed by atoms with Crippen LogP contribution in [0.2, 0.25) is 0 Å². The monoisotopic (exact) mass is 596 g/mol. The number of aromatic nitrogens is 1. The highest BCUT2D eigenvalue weighted by Crippen LogP contribution is 2.40. The van der Waals surface area contributed by atoms with Gasteiger partial charge in [-0.25, -0.2) is 9.78 Å². The second-order valence-electron chi connectivity index (χ2n) is 10.9. The lowest BCUT2D eigenvalue weighted by Crippen LogP contribution is -2.47. The number of amides is 1. The van der Waals surface area contributed by atoms with Crippen molar-refractivity contribution in [3.63, 3.8) is 0 Å². The molecule has 0 atom stereocenters. The van der Waals surface area contributed by atoms with Crippen molar-refractivity contribution in [3.8, 4) is 11.6 Å². The van der Waals surface area contributed by atoms with Gasteiger partial charge in [-0.05, 0) is 87.1 Å². The summed E-state index contributed by atoms with van der Waals surface area (Å²) in [7, 11) is 2.89. The van der Waals surface area contributed by atoms with Gasteiger partial charge in [0.2, 0.25) is 11.8 Å². The third-order valence-electron chi connectivity index (χ3n) is 8.16. The van der Waals surface area contributed by atoms with Gasteiger partial charge < -0.3 is 19.1 Å². The molecule has 4 rings (SSSR count). The summed E-state index contributed by atoms with van der Waals surface area (Å²) < 4.78 is 57.4. The zero-order valence-electron chi connectivity index (χ0n) is 23.5. The first kappa shape index (κ1) is 31.1. The molecule has 0 unspecified atom stereocenters. The molecular formula is C30H36ClF3N2O5. The Morgan fingerprint density at radius 3 is 2.29 bits per heavy atom. The lowest BCUT2D eigenvalue weighted by molar-refractivity contribution is -0.139. The summed E-state index contributed by atoms with van der Waals surface area (Å²) in [6, 6.07) is 5.02. The lowest BCUT2D eigenvalue weighted by atomic mass is 9.81. The molecular weight excluding hydrogens is 561 g/mol. The number of pyridine rings is 1. The van der Waals surface area contributed by atoms with Crippen LogP contribution in [0.1, 0.15) is 79.8 Å². The van der Waals surface area contributed by atoms with Crippen LogP contribution in [0.4, 0.5) is 18.9 Å². The van der Waals surface area contributed by atoms with Gasteiger partial charge in [0.05, 0.1) is 24.5 Å². The number of anilines is 1. The summed E-state index contributed by atoms with van der Waals surface area (Å²) in [5.74, 6) is -1.26. The molecule has 224 valence electrons. The largest absolute Gasteiger partial charge is 0.465 e. The molecule has 41 heavy (non-hydrogen) atoms. The van der Waals surface area contributed by atoms with Crippen molar-refractivity contribution in [1.29, 1.82) is 0 Å². The highest BCUT2D eigenvalue weighted by Gasteiger charge is 2.38. The highest BCUT2D eigenvalue weighted by atomic mass is 35.5. The molecule has 1 aromatic heterocycles. The number of halogens is 4. The third kappa shape index (κ3) is 7.33. The maximum absolute atomic E-state index is 14.1. The molecule has 7 nitrogen and oxygen atoms in total. The molecule has 0 radical (unpaired) electrons. The molecule has 0 spiro atoms. The molecule has 1 aromatic carbocycles. The van der Waals surface area contributed by atoms with Gasteiger partial charge in [0, 0.05) is 31.1 Å². The van der Waals surface area contributed by atoms with E-state index in [1.807, 2.05) is 0 Å². The molecule has 2 aromatic rings. The average Bonchev–Trinajstić information content (AvgIpc) is 2.97. The molecule has 2 aliphatic carbocycles. The number of methoxy groups -OCH3 is 2. The molecule has 0 N–H and O–H groups in total. The Kier molecular flexibility index (Phi) is 10.2. The second-order valence-corrected chi connectivity index (χ2v) is 11.2. The minimum absolute atomic E-state index is 0.0299. The predicted molar refractivity (Wildman–Crippen MR) is 148 cm³/mol. The van der Waals surface area contributed by atoms with Crippen LogP contribution in [-0.4, -0.2) is 43.2 Å². The lowest BCUT2D eigenvalue weighted by Gasteiger charge is -2.40. The number of esters is 1. The van der Waals surface area contributed by atoms with Crippen molar-refractivity contribution < 1.29 is 37.0 Å². The van der Waals surface area contributed by atoms with E-state index >= 15 is 0 Å². The third-order valence-corrected chi connectivity index (χ3v) is 8.47. The van der Waals surface area contributed by atoms with Crippen LogP contribution < -0.4 is 9.64 Å². The minimum Gasteiger partial charge on any atom is -0.465 e. The molecule has 0 saturated heterocycles. The van der Waals surface area contributed by atoms with Gasteiger partial charge in [-0.3, -0.25) is 4.79 Å². The van der Waals surface area contributed by atoms with Crippen molar-refractivity contribution >= 4 is 29.2 Å². The first-order valence-electron chi connectivity index (χ1n) is 13.9. The SMILES string of the molecule is COC(=O)c1cc(Oc2ncc(CCl)cc2C(F)(F)F)ccc1N(C(=O)[C@H]1CC[C@H](C)CC1)C1CCC(OC)CC1. The van der Waals surface area contributed by atoms with E-state index in [9.17, 15) is 22.8 Å². The number of alkyl halides is 4. The molecule has 0 bridgehead atoms. The number of nitrogens with zero attached hydrogens (tertiary/aromatic N) is 2. The van der Waals surface area contributed by atoms with E-state index in [-0.39, 0.29) is 46.7 Å². The van der Waals surface area contributed by atoms with Gasteiger partial charge in [0.1, 0.15) is 11.3 Å². The normalized spacial score (nSPS) is 23.1. The van der Waals surface area contributed by atoms with Crippen molar-refractivity contribution in [3.05, 3.63) is 47.2 Å². The topological polar surface area (TPSA) is 78.0 Å². The fourth-order valence-corrected chi connectivity index (χ4v) is 5.91. The van der Waals surface area contributed by atoms with Crippen LogP contribution in [0.15, 0.2) is 30.5 Å². The Hall–Kier alpha value is -2.85. The molecule has 1 heterocycles. The van der Waals surface area contributed by atoms with Crippen LogP contribution in [0.25, 0.3) is 0 Å². The van der Waals surface area contributed by atoms with E-state index in [0.717, 1.165) is 44.6 Å². The van der Waals surface area contributed by atoms with Crippen LogP contribution in [0.5, 0.6) is 11.6 Å².